The molecule has 1 N–H and O–H groups in total. The molecule has 15 heavy (non-hydrogen) atoms. The van der Waals surface area contributed by atoms with Crippen molar-refractivity contribution < 1.29 is 8.78 Å². The van der Waals surface area contributed by atoms with Gasteiger partial charge in [-0.05, 0) is 19.4 Å². The van der Waals surface area contributed by atoms with Crippen LogP contribution in [-0.2, 0) is 5.54 Å². The van der Waals surface area contributed by atoms with Gasteiger partial charge < -0.3 is 5.32 Å². The number of aryl methyl sites for hydroxylation is 1. The van der Waals surface area contributed by atoms with Crippen LogP contribution < -0.4 is 5.32 Å². The molecule has 0 radical (unpaired) electrons. The summed E-state index contributed by atoms with van der Waals surface area (Å²) in [5.41, 5.74) is 1.49. The third-order valence-electron chi connectivity index (χ3n) is 3.04. The van der Waals surface area contributed by atoms with Crippen molar-refractivity contribution >= 4 is 0 Å². The number of rotatable bonds is 1. The molecule has 2 rings (SSSR count). The minimum Gasteiger partial charge on any atom is -0.302 e. The topological polar surface area (TPSA) is 12.0 Å². The fourth-order valence-electron chi connectivity index (χ4n) is 2.09. The highest BCUT2D eigenvalue weighted by molar-refractivity contribution is 5.29. The molecular formula is C12H15F2N. The fourth-order valence-corrected chi connectivity index (χ4v) is 2.09. The Hall–Kier alpha value is -0.960. The third kappa shape index (κ3) is 2.02. The Labute approximate surface area is 88.5 Å². The quantitative estimate of drug-likeness (QED) is 0.753. The number of benzene rings is 1. The van der Waals surface area contributed by atoms with Gasteiger partial charge in [0, 0.05) is 12.0 Å². The van der Waals surface area contributed by atoms with Gasteiger partial charge in [-0.1, -0.05) is 29.8 Å². The normalized spacial score (nSPS) is 29.3. The highest BCUT2D eigenvalue weighted by Crippen LogP contribution is 2.38. The van der Waals surface area contributed by atoms with Crippen LogP contribution in [0, 0.1) is 6.92 Å². The van der Waals surface area contributed by atoms with Crippen molar-refractivity contribution in [2.24, 2.45) is 0 Å². The molecule has 1 aliphatic rings. The first kappa shape index (κ1) is 10.6. The van der Waals surface area contributed by atoms with Gasteiger partial charge in [0.15, 0.2) is 0 Å². The standard InChI is InChI=1S/C12H15F2N/c1-9-3-5-10(6-4-9)11(2)7-12(13,14)8-15-11/h3-6,15H,7-8H2,1-2H3. The summed E-state index contributed by atoms with van der Waals surface area (Å²) < 4.78 is 26.3. The first-order valence-corrected chi connectivity index (χ1v) is 5.11. The lowest BCUT2D eigenvalue weighted by atomic mass is 9.89. The van der Waals surface area contributed by atoms with Gasteiger partial charge in [0.05, 0.1) is 6.54 Å². The van der Waals surface area contributed by atoms with E-state index in [0.29, 0.717) is 0 Å². The van der Waals surface area contributed by atoms with E-state index < -0.39 is 11.5 Å². The number of hydrogen-bond donors (Lipinski definition) is 1. The maximum absolute atomic E-state index is 13.1. The molecule has 1 heterocycles. The molecule has 82 valence electrons. The van der Waals surface area contributed by atoms with E-state index >= 15 is 0 Å². The van der Waals surface area contributed by atoms with Crippen LogP contribution in [0.2, 0.25) is 0 Å². The fraction of sp³-hybridized carbons (Fsp3) is 0.500. The van der Waals surface area contributed by atoms with Crippen molar-refractivity contribution in [2.75, 3.05) is 6.54 Å². The number of hydrogen-bond acceptors (Lipinski definition) is 1. The molecule has 0 aromatic heterocycles. The van der Waals surface area contributed by atoms with Gasteiger partial charge in [0.2, 0.25) is 0 Å². The second kappa shape index (κ2) is 3.27. The zero-order chi connectivity index (χ0) is 11.1. The van der Waals surface area contributed by atoms with Crippen LogP contribution in [0.3, 0.4) is 0 Å². The Morgan fingerprint density at radius 1 is 1.20 bits per heavy atom. The lowest BCUT2D eigenvalue weighted by Gasteiger charge is -2.24. The predicted octanol–water partition coefficient (Wildman–Crippen LogP) is 2.84. The average molecular weight is 211 g/mol. The highest BCUT2D eigenvalue weighted by atomic mass is 19.3. The van der Waals surface area contributed by atoms with Crippen molar-refractivity contribution in [3.63, 3.8) is 0 Å². The van der Waals surface area contributed by atoms with E-state index in [1.165, 1.54) is 0 Å². The summed E-state index contributed by atoms with van der Waals surface area (Å²) in [4.78, 5) is 0. The van der Waals surface area contributed by atoms with Gasteiger partial charge in [-0.3, -0.25) is 0 Å². The van der Waals surface area contributed by atoms with Gasteiger partial charge in [0.1, 0.15) is 0 Å². The molecule has 1 aromatic rings. The molecule has 0 bridgehead atoms. The molecule has 1 nitrogen and oxygen atoms in total. The highest BCUT2D eigenvalue weighted by Gasteiger charge is 2.47. The lowest BCUT2D eigenvalue weighted by Crippen LogP contribution is -2.32. The summed E-state index contributed by atoms with van der Waals surface area (Å²) in [6.07, 6.45) is -0.122. The number of nitrogens with one attached hydrogen (secondary N) is 1. The van der Waals surface area contributed by atoms with E-state index in [4.69, 9.17) is 0 Å². The molecule has 0 saturated carbocycles. The van der Waals surface area contributed by atoms with Crippen LogP contribution in [0.5, 0.6) is 0 Å². The van der Waals surface area contributed by atoms with Crippen molar-refractivity contribution in [1.29, 1.82) is 0 Å². The van der Waals surface area contributed by atoms with Gasteiger partial charge in [-0.15, -0.1) is 0 Å². The molecule has 1 aliphatic heterocycles. The summed E-state index contributed by atoms with van der Waals surface area (Å²) >= 11 is 0. The van der Waals surface area contributed by atoms with Crippen LogP contribution in [0.25, 0.3) is 0 Å². The molecule has 0 aliphatic carbocycles. The monoisotopic (exact) mass is 211 g/mol. The second-order valence-electron chi connectivity index (χ2n) is 4.58. The molecule has 1 saturated heterocycles. The van der Waals surface area contributed by atoms with Crippen LogP contribution >= 0.6 is 0 Å². The zero-order valence-corrected chi connectivity index (χ0v) is 8.98. The van der Waals surface area contributed by atoms with E-state index in [0.717, 1.165) is 11.1 Å². The summed E-state index contributed by atoms with van der Waals surface area (Å²) in [5.74, 6) is -2.58. The minimum absolute atomic E-state index is 0.122. The molecule has 1 atom stereocenters. The Morgan fingerprint density at radius 3 is 2.27 bits per heavy atom. The summed E-state index contributed by atoms with van der Waals surface area (Å²) in [5, 5.41) is 2.91. The Bertz CT molecular complexity index is 358. The molecule has 1 unspecified atom stereocenters. The summed E-state index contributed by atoms with van der Waals surface area (Å²) in [6.45, 7) is 3.60. The molecule has 0 amide bonds. The molecule has 3 heteroatoms. The van der Waals surface area contributed by atoms with E-state index in [1.54, 1.807) is 0 Å². The van der Waals surface area contributed by atoms with Crippen molar-refractivity contribution in [2.45, 2.75) is 31.7 Å². The van der Waals surface area contributed by atoms with Gasteiger partial charge in [0.25, 0.3) is 5.92 Å². The van der Waals surface area contributed by atoms with Crippen LogP contribution in [-0.4, -0.2) is 12.5 Å². The summed E-state index contributed by atoms with van der Waals surface area (Å²) in [6, 6.07) is 7.75. The molecule has 0 spiro atoms. The third-order valence-corrected chi connectivity index (χ3v) is 3.04. The first-order chi connectivity index (χ1) is 6.91. The second-order valence-corrected chi connectivity index (χ2v) is 4.58. The lowest BCUT2D eigenvalue weighted by molar-refractivity contribution is 0.0165. The van der Waals surface area contributed by atoms with Crippen LogP contribution in [0.4, 0.5) is 8.78 Å². The maximum atomic E-state index is 13.1. The van der Waals surface area contributed by atoms with Crippen molar-refractivity contribution in [3.05, 3.63) is 35.4 Å². The van der Waals surface area contributed by atoms with E-state index in [9.17, 15) is 8.78 Å². The Kier molecular flexibility index (Phi) is 2.30. The van der Waals surface area contributed by atoms with Gasteiger partial charge in [-0.25, -0.2) is 8.78 Å². The minimum atomic E-state index is -2.58. The predicted molar refractivity (Wildman–Crippen MR) is 56.1 cm³/mol. The Morgan fingerprint density at radius 2 is 1.80 bits per heavy atom. The van der Waals surface area contributed by atoms with E-state index in [1.807, 2.05) is 38.1 Å². The van der Waals surface area contributed by atoms with Gasteiger partial charge >= 0.3 is 0 Å². The van der Waals surface area contributed by atoms with Crippen molar-refractivity contribution in [3.8, 4) is 0 Å². The average Bonchev–Trinajstić information content (AvgIpc) is 2.43. The Balaban J connectivity index is 2.27. The number of alkyl halides is 2. The van der Waals surface area contributed by atoms with Crippen LogP contribution in [0.15, 0.2) is 24.3 Å². The SMILES string of the molecule is Cc1ccc(C2(C)CC(F)(F)CN2)cc1. The smallest absolute Gasteiger partial charge is 0.262 e. The molecular weight excluding hydrogens is 196 g/mol. The van der Waals surface area contributed by atoms with Crippen LogP contribution in [0.1, 0.15) is 24.5 Å². The largest absolute Gasteiger partial charge is 0.302 e. The molecule has 1 fully saturated rings. The first-order valence-electron chi connectivity index (χ1n) is 5.11. The van der Waals surface area contributed by atoms with E-state index in [-0.39, 0.29) is 13.0 Å². The number of halogens is 2. The zero-order valence-electron chi connectivity index (χ0n) is 8.98. The molecule has 1 aromatic carbocycles. The van der Waals surface area contributed by atoms with Gasteiger partial charge in [-0.2, -0.15) is 0 Å². The van der Waals surface area contributed by atoms with E-state index in [2.05, 4.69) is 5.32 Å². The van der Waals surface area contributed by atoms with Crippen molar-refractivity contribution in [1.82, 2.24) is 5.32 Å². The maximum Gasteiger partial charge on any atom is 0.262 e. The summed E-state index contributed by atoms with van der Waals surface area (Å²) in [7, 11) is 0.